The zero-order valence-electron chi connectivity index (χ0n) is 8.47. The molecule has 0 amide bonds. The number of anilines is 2. The van der Waals surface area contributed by atoms with E-state index in [0.717, 1.165) is 6.20 Å². The molecule has 1 heterocycles. The van der Waals surface area contributed by atoms with Crippen molar-refractivity contribution in [1.82, 2.24) is 9.97 Å². The molecule has 1 aromatic rings. The molecule has 0 aliphatic heterocycles. The van der Waals surface area contributed by atoms with Gasteiger partial charge >= 0.3 is 5.69 Å². The maximum Gasteiger partial charge on any atom is 0.329 e. The number of rotatable bonds is 4. The van der Waals surface area contributed by atoms with Crippen LogP contribution in [0.2, 0.25) is 0 Å². The molecular formula is C7H12N6O2. The molecule has 15 heavy (non-hydrogen) atoms. The van der Waals surface area contributed by atoms with Crippen molar-refractivity contribution >= 4 is 17.5 Å². The second-order valence-electron chi connectivity index (χ2n) is 2.82. The van der Waals surface area contributed by atoms with Gasteiger partial charge in [0.2, 0.25) is 11.8 Å². The van der Waals surface area contributed by atoms with E-state index in [-0.39, 0.29) is 17.5 Å². The fourth-order valence-electron chi connectivity index (χ4n) is 0.995. The van der Waals surface area contributed by atoms with Gasteiger partial charge in [-0.05, 0) is 6.92 Å². The molecule has 3 N–H and O–H groups in total. The van der Waals surface area contributed by atoms with Crippen molar-refractivity contribution in [3.63, 3.8) is 0 Å². The van der Waals surface area contributed by atoms with E-state index in [4.69, 9.17) is 5.84 Å². The van der Waals surface area contributed by atoms with Crippen molar-refractivity contribution in [2.75, 3.05) is 23.9 Å². The average molecular weight is 212 g/mol. The van der Waals surface area contributed by atoms with Gasteiger partial charge in [0.1, 0.15) is 6.20 Å². The summed E-state index contributed by atoms with van der Waals surface area (Å²) in [7, 11) is 1.70. The van der Waals surface area contributed by atoms with Crippen LogP contribution in [0.1, 0.15) is 6.92 Å². The first-order valence-corrected chi connectivity index (χ1v) is 4.29. The molecule has 82 valence electrons. The van der Waals surface area contributed by atoms with Crippen LogP contribution < -0.4 is 16.2 Å². The number of aromatic nitrogens is 2. The Morgan fingerprint density at radius 2 is 2.40 bits per heavy atom. The molecule has 0 fully saturated rings. The van der Waals surface area contributed by atoms with E-state index < -0.39 is 4.92 Å². The Morgan fingerprint density at radius 1 is 1.73 bits per heavy atom. The fraction of sp³-hybridized carbons (Fsp3) is 0.429. The second-order valence-corrected chi connectivity index (χ2v) is 2.82. The van der Waals surface area contributed by atoms with E-state index in [9.17, 15) is 10.1 Å². The van der Waals surface area contributed by atoms with Gasteiger partial charge in [0.15, 0.2) is 0 Å². The van der Waals surface area contributed by atoms with Crippen LogP contribution in [-0.4, -0.2) is 28.5 Å². The van der Waals surface area contributed by atoms with Crippen molar-refractivity contribution in [2.24, 2.45) is 5.84 Å². The summed E-state index contributed by atoms with van der Waals surface area (Å²) in [5.41, 5.74) is 2.10. The van der Waals surface area contributed by atoms with E-state index in [1.165, 1.54) is 0 Å². The number of hydrogen-bond acceptors (Lipinski definition) is 7. The zero-order valence-corrected chi connectivity index (χ0v) is 8.47. The summed E-state index contributed by atoms with van der Waals surface area (Å²) in [5, 5.41) is 10.7. The standard InChI is InChI=1S/C7H12N6O2/c1-3-12(2)6-5(13(14)15)4-9-7(10-6)11-8/h4H,3,8H2,1-2H3,(H,9,10,11). The van der Waals surface area contributed by atoms with Gasteiger partial charge in [-0.1, -0.05) is 0 Å². The Hall–Kier alpha value is -1.96. The molecule has 0 radical (unpaired) electrons. The lowest BCUT2D eigenvalue weighted by Crippen LogP contribution is -2.20. The Labute approximate surface area is 86.2 Å². The summed E-state index contributed by atoms with van der Waals surface area (Å²) in [5.74, 6) is 5.51. The summed E-state index contributed by atoms with van der Waals surface area (Å²) in [6.45, 7) is 2.46. The summed E-state index contributed by atoms with van der Waals surface area (Å²) < 4.78 is 0. The molecule has 0 aromatic carbocycles. The first-order valence-electron chi connectivity index (χ1n) is 4.29. The number of nitrogen functional groups attached to an aromatic ring is 1. The molecule has 0 bridgehead atoms. The second kappa shape index (κ2) is 4.51. The maximum absolute atomic E-state index is 10.7. The minimum Gasteiger partial charge on any atom is -0.354 e. The third-order valence-corrected chi connectivity index (χ3v) is 1.91. The lowest BCUT2D eigenvalue weighted by Gasteiger charge is -2.15. The molecule has 0 atom stereocenters. The summed E-state index contributed by atoms with van der Waals surface area (Å²) in [6.07, 6.45) is 1.13. The van der Waals surface area contributed by atoms with Crippen molar-refractivity contribution in [1.29, 1.82) is 0 Å². The van der Waals surface area contributed by atoms with Crippen LogP contribution in [0.25, 0.3) is 0 Å². The third-order valence-electron chi connectivity index (χ3n) is 1.91. The van der Waals surface area contributed by atoms with Crippen LogP contribution in [0.15, 0.2) is 6.20 Å². The number of nitrogens with one attached hydrogen (secondary N) is 1. The number of hydrogen-bond donors (Lipinski definition) is 2. The zero-order chi connectivity index (χ0) is 11.4. The lowest BCUT2D eigenvalue weighted by atomic mass is 10.4. The Bertz CT molecular complexity index is 368. The highest BCUT2D eigenvalue weighted by atomic mass is 16.6. The highest BCUT2D eigenvalue weighted by Crippen LogP contribution is 2.24. The minimum absolute atomic E-state index is 0.140. The molecule has 1 aromatic heterocycles. The topological polar surface area (TPSA) is 110 Å². The van der Waals surface area contributed by atoms with Gasteiger partial charge in [-0.3, -0.25) is 15.5 Å². The van der Waals surface area contributed by atoms with Crippen molar-refractivity contribution in [3.8, 4) is 0 Å². The number of nitrogens with zero attached hydrogens (tertiary/aromatic N) is 4. The molecule has 0 unspecified atom stereocenters. The van der Waals surface area contributed by atoms with E-state index in [1.54, 1.807) is 11.9 Å². The van der Waals surface area contributed by atoms with Crippen LogP contribution in [0, 0.1) is 10.1 Å². The number of nitro groups is 1. The van der Waals surface area contributed by atoms with Crippen LogP contribution in [0.3, 0.4) is 0 Å². The summed E-state index contributed by atoms with van der Waals surface area (Å²) >= 11 is 0. The van der Waals surface area contributed by atoms with Gasteiger partial charge in [-0.15, -0.1) is 0 Å². The number of hydrazine groups is 1. The quantitative estimate of drug-likeness (QED) is 0.414. The summed E-state index contributed by atoms with van der Waals surface area (Å²) in [4.78, 5) is 19.4. The van der Waals surface area contributed by atoms with Gasteiger partial charge in [0.05, 0.1) is 4.92 Å². The van der Waals surface area contributed by atoms with Gasteiger partial charge in [0, 0.05) is 13.6 Å². The predicted octanol–water partition coefficient (Wildman–Crippen LogP) is 0.127. The molecule has 1 rings (SSSR count). The Balaban J connectivity index is 3.22. The highest BCUT2D eigenvalue weighted by molar-refractivity contribution is 5.58. The van der Waals surface area contributed by atoms with Crippen LogP contribution in [-0.2, 0) is 0 Å². The van der Waals surface area contributed by atoms with Crippen LogP contribution >= 0.6 is 0 Å². The first-order chi connectivity index (χ1) is 7.10. The molecule has 0 saturated heterocycles. The molecule has 8 nitrogen and oxygen atoms in total. The molecular weight excluding hydrogens is 200 g/mol. The first kappa shape index (κ1) is 11.1. The van der Waals surface area contributed by atoms with E-state index in [0.29, 0.717) is 6.54 Å². The SMILES string of the molecule is CCN(C)c1nc(NN)ncc1[N+](=O)[O-]. The van der Waals surface area contributed by atoms with Gasteiger partial charge in [0.25, 0.3) is 0 Å². The summed E-state index contributed by atoms with van der Waals surface area (Å²) in [6, 6.07) is 0. The molecule has 0 aliphatic carbocycles. The minimum atomic E-state index is -0.526. The van der Waals surface area contributed by atoms with Crippen molar-refractivity contribution in [3.05, 3.63) is 16.3 Å². The Morgan fingerprint density at radius 3 is 2.87 bits per heavy atom. The van der Waals surface area contributed by atoms with Gasteiger partial charge in [-0.25, -0.2) is 10.8 Å². The maximum atomic E-state index is 10.7. The fourth-order valence-corrected chi connectivity index (χ4v) is 0.995. The van der Waals surface area contributed by atoms with E-state index >= 15 is 0 Å². The molecule has 0 aliphatic rings. The molecule has 0 spiro atoms. The third kappa shape index (κ3) is 2.29. The largest absolute Gasteiger partial charge is 0.354 e. The monoisotopic (exact) mass is 212 g/mol. The van der Waals surface area contributed by atoms with Crippen LogP contribution in [0.4, 0.5) is 17.5 Å². The lowest BCUT2D eigenvalue weighted by molar-refractivity contribution is -0.384. The van der Waals surface area contributed by atoms with Gasteiger partial charge in [-0.2, -0.15) is 4.98 Å². The van der Waals surface area contributed by atoms with Gasteiger partial charge < -0.3 is 4.90 Å². The molecule has 0 saturated carbocycles. The molecule has 8 heteroatoms. The van der Waals surface area contributed by atoms with E-state index in [1.807, 2.05) is 6.92 Å². The van der Waals surface area contributed by atoms with Crippen molar-refractivity contribution in [2.45, 2.75) is 6.92 Å². The van der Waals surface area contributed by atoms with Crippen LogP contribution in [0.5, 0.6) is 0 Å². The Kier molecular flexibility index (Phi) is 3.34. The predicted molar refractivity (Wildman–Crippen MR) is 55.4 cm³/mol. The number of nitrogens with two attached hydrogens (primary N) is 1. The smallest absolute Gasteiger partial charge is 0.329 e. The van der Waals surface area contributed by atoms with Crippen molar-refractivity contribution < 1.29 is 4.92 Å². The normalized spacial score (nSPS) is 9.80. The van der Waals surface area contributed by atoms with E-state index in [2.05, 4.69) is 15.4 Å². The average Bonchev–Trinajstić information content (AvgIpc) is 2.26. The highest BCUT2D eigenvalue weighted by Gasteiger charge is 2.19.